The summed E-state index contributed by atoms with van der Waals surface area (Å²) in [4.78, 5) is 16.3. The van der Waals surface area contributed by atoms with Gasteiger partial charge < -0.3 is 9.64 Å². The van der Waals surface area contributed by atoms with Crippen molar-refractivity contribution in [2.75, 3.05) is 46.4 Å². The highest BCUT2D eigenvalue weighted by atomic mass is 16.5. The van der Waals surface area contributed by atoms with Crippen LogP contribution in [0.3, 0.4) is 0 Å². The molecule has 2 heterocycles. The molecular weight excluding hydrogens is 232 g/mol. The molecule has 0 bridgehead atoms. The third-order valence-electron chi connectivity index (χ3n) is 3.59. The number of amides is 1. The Labute approximate surface area is 108 Å². The van der Waals surface area contributed by atoms with E-state index in [0.717, 1.165) is 45.8 Å². The number of piperazine rings is 1. The first kappa shape index (κ1) is 13.4. The average molecular weight is 254 g/mol. The van der Waals surface area contributed by atoms with E-state index in [2.05, 4.69) is 15.1 Å². The molecule has 0 aliphatic carbocycles. The van der Waals surface area contributed by atoms with Crippen LogP contribution < -0.4 is 0 Å². The highest BCUT2D eigenvalue weighted by molar-refractivity contribution is 5.76. The Balaban J connectivity index is 1.64. The lowest BCUT2D eigenvalue weighted by Crippen LogP contribution is -2.49. The van der Waals surface area contributed by atoms with Crippen LogP contribution >= 0.6 is 0 Å². The first-order valence-corrected chi connectivity index (χ1v) is 6.56. The van der Waals surface area contributed by atoms with E-state index >= 15 is 0 Å². The highest BCUT2D eigenvalue weighted by Gasteiger charge is 2.34. The standard InChI is InChI=1S/C12H22N4O2/c1-12(13-14-12)4-3-11(17)16-7-5-15(6-8-16)9-10-18-2/h3-10H2,1-2H3. The predicted molar refractivity (Wildman–Crippen MR) is 67.4 cm³/mol. The fourth-order valence-electron chi connectivity index (χ4n) is 2.13. The van der Waals surface area contributed by atoms with Crippen molar-refractivity contribution in [3.8, 4) is 0 Å². The topological polar surface area (TPSA) is 57.5 Å². The summed E-state index contributed by atoms with van der Waals surface area (Å²) in [6.45, 7) is 7.22. The molecule has 0 aromatic heterocycles. The molecule has 0 unspecified atom stereocenters. The van der Waals surface area contributed by atoms with E-state index < -0.39 is 0 Å². The number of nitrogens with zero attached hydrogens (tertiary/aromatic N) is 4. The van der Waals surface area contributed by atoms with Gasteiger partial charge >= 0.3 is 0 Å². The maximum Gasteiger partial charge on any atom is 0.222 e. The summed E-state index contributed by atoms with van der Waals surface area (Å²) in [5.41, 5.74) is -0.254. The molecular formula is C12H22N4O2. The minimum absolute atomic E-state index is 0.236. The predicted octanol–water partition coefficient (Wildman–Crippen LogP) is 0.739. The molecule has 102 valence electrons. The van der Waals surface area contributed by atoms with E-state index in [1.54, 1.807) is 7.11 Å². The van der Waals surface area contributed by atoms with Crippen molar-refractivity contribution < 1.29 is 9.53 Å². The van der Waals surface area contributed by atoms with Crippen LogP contribution in [0.4, 0.5) is 0 Å². The second-order valence-corrected chi connectivity index (χ2v) is 5.13. The van der Waals surface area contributed by atoms with Gasteiger partial charge in [-0.15, -0.1) is 0 Å². The Kier molecular flexibility index (Phi) is 4.29. The molecule has 1 saturated heterocycles. The molecule has 0 aromatic rings. The summed E-state index contributed by atoms with van der Waals surface area (Å²) in [6.07, 6.45) is 1.30. The second-order valence-electron chi connectivity index (χ2n) is 5.13. The number of carbonyl (C=O) groups is 1. The molecule has 1 amide bonds. The third-order valence-corrected chi connectivity index (χ3v) is 3.59. The van der Waals surface area contributed by atoms with Crippen LogP contribution in [0.15, 0.2) is 10.2 Å². The summed E-state index contributed by atoms with van der Waals surface area (Å²) < 4.78 is 5.06. The fourth-order valence-corrected chi connectivity index (χ4v) is 2.13. The molecule has 2 aliphatic rings. The second kappa shape index (κ2) is 5.75. The lowest BCUT2D eigenvalue weighted by molar-refractivity contribution is -0.133. The van der Waals surface area contributed by atoms with Gasteiger partial charge in [0.05, 0.1) is 6.61 Å². The number of methoxy groups -OCH3 is 1. The summed E-state index contributed by atoms with van der Waals surface area (Å²) >= 11 is 0. The number of hydrogen-bond acceptors (Lipinski definition) is 5. The van der Waals surface area contributed by atoms with Crippen molar-refractivity contribution in [3.63, 3.8) is 0 Å². The van der Waals surface area contributed by atoms with Crippen molar-refractivity contribution in [1.29, 1.82) is 0 Å². The van der Waals surface area contributed by atoms with Crippen molar-refractivity contribution >= 4 is 5.91 Å². The maximum absolute atomic E-state index is 12.0. The Morgan fingerprint density at radius 1 is 1.28 bits per heavy atom. The van der Waals surface area contributed by atoms with Crippen molar-refractivity contribution in [2.45, 2.75) is 25.4 Å². The Morgan fingerprint density at radius 2 is 1.94 bits per heavy atom. The van der Waals surface area contributed by atoms with Crippen molar-refractivity contribution in [3.05, 3.63) is 0 Å². The van der Waals surface area contributed by atoms with E-state index in [-0.39, 0.29) is 11.6 Å². The van der Waals surface area contributed by atoms with Gasteiger partial charge in [-0.25, -0.2) is 0 Å². The van der Waals surface area contributed by atoms with Gasteiger partial charge in [-0.3, -0.25) is 9.69 Å². The van der Waals surface area contributed by atoms with Crippen LogP contribution in [0.25, 0.3) is 0 Å². The third kappa shape index (κ3) is 3.74. The van der Waals surface area contributed by atoms with Crippen molar-refractivity contribution in [1.82, 2.24) is 9.80 Å². The summed E-state index contributed by atoms with van der Waals surface area (Å²) in [7, 11) is 1.72. The van der Waals surface area contributed by atoms with Crippen LogP contribution in [0.5, 0.6) is 0 Å². The molecule has 6 heteroatoms. The molecule has 0 spiro atoms. The van der Waals surface area contributed by atoms with E-state index in [1.165, 1.54) is 0 Å². The molecule has 0 N–H and O–H groups in total. The first-order chi connectivity index (χ1) is 8.63. The molecule has 0 aromatic carbocycles. The number of carbonyl (C=O) groups excluding carboxylic acids is 1. The summed E-state index contributed by atoms with van der Waals surface area (Å²) in [5, 5.41) is 7.86. The zero-order chi connectivity index (χ0) is 13.0. The molecule has 18 heavy (non-hydrogen) atoms. The van der Waals surface area contributed by atoms with Crippen LogP contribution in [0, 0.1) is 0 Å². The minimum Gasteiger partial charge on any atom is -0.383 e. The highest BCUT2D eigenvalue weighted by Crippen LogP contribution is 2.32. The zero-order valence-corrected chi connectivity index (χ0v) is 11.3. The van der Waals surface area contributed by atoms with Gasteiger partial charge in [0.25, 0.3) is 0 Å². The Hall–Kier alpha value is -1.01. The van der Waals surface area contributed by atoms with Gasteiger partial charge in [-0.2, -0.15) is 10.2 Å². The van der Waals surface area contributed by atoms with E-state index in [1.807, 2.05) is 11.8 Å². The van der Waals surface area contributed by atoms with Gasteiger partial charge in [-0.1, -0.05) is 0 Å². The van der Waals surface area contributed by atoms with Crippen LogP contribution in [0.2, 0.25) is 0 Å². The normalized spacial score (nSPS) is 22.2. The summed E-state index contributed by atoms with van der Waals surface area (Å²) in [5.74, 6) is 0.236. The Bertz CT molecular complexity index is 318. The summed E-state index contributed by atoms with van der Waals surface area (Å²) in [6, 6.07) is 0. The largest absolute Gasteiger partial charge is 0.383 e. The number of ether oxygens (including phenoxy) is 1. The van der Waals surface area contributed by atoms with Gasteiger partial charge in [0, 0.05) is 52.7 Å². The SMILES string of the molecule is COCCN1CCN(C(=O)CCC2(C)N=N2)CC1. The lowest BCUT2D eigenvalue weighted by Gasteiger charge is -2.34. The van der Waals surface area contributed by atoms with Crippen LogP contribution in [-0.4, -0.2) is 67.8 Å². The number of hydrogen-bond donors (Lipinski definition) is 0. The van der Waals surface area contributed by atoms with E-state index in [0.29, 0.717) is 6.42 Å². The monoisotopic (exact) mass is 254 g/mol. The average Bonchev–Trinajstić information content (AvgIpc) is 3.13. The molecule has 0 radical (unpaired) electrons. The fraction of sp³-hybridized carbons (Fsp3) is 0.917. The zero-order valence-electron chi connectivity index (χ0n) is 11.3. The molecule has 0 saturated carbocycles. The van der Waals surface area contributed by atoms with Crippen LogP contribution in [0.1, 0.15) is 19.8 Å². The Morgan fingerprint density at radius 3 is 2.50 bits per heavy atom. The van der Waals surface area contributed by atoms with E-state index in [9.17, 15) is 4.79 Å². The molecule has 0 atom stereocenters. The quantitative estimate of drug-likeness (QED) is 0.702. The number of rotatable bonds is 6. The lowest BCUT2D eigenvalue weighted by atomic mass is 10.1. The van der Waals surface area contributed by atoms with Gasteiger partial charge in [-0.05, 0) is 6.92 Å². The van der Waals surface area contributed by atoms with Crippen LogP contribution in [-0.2, 0) is 9.53 Å². The minimum atomic E-state index is -0.254. The van der Waals surface area contributed by atoms with E-state index in [4.69, 9.17) is 4.74 Å². The maximum atomic E-state index is 12.0. The molecule has 6 nitrogen and oxygen atoms in total. The molecule has 2 aliphatic heterocycles. The van der Waals surface area contributed by atoms with Gasteiger partial charge in [0.2, 0.25) is 5.91 Å². The van der Waals surface area contributed by atoms with Crippen molar-refractivity contribution in [2.24, 2.45) is 10.2 Å². The smallest absolute Gasteiger partial charge is 0.222 e. The van der Waals surface area contributed by atoms with Gasteiger partial charge in [0.15, 0.2) is 5.66 Å². The first-order valence-electron chi connectivity index (χ1n) is 6.56. The molecule has 1 fully saturated rings. The van der Waals surface area contributed by atoms with Gasteiger partial charge in [0.1, 0.15) is 0 Å². The molecule has 2 rings (SSSR count).